The third kappa shape index (κ3) is 2.20. The highest BCUT2D eigenvalue weighted by Crippen LogP contribution is 2.31. The number of hydrogen-bond acceptors (Lipinski definition) is 5. The number of ether oxygens (including phenoxy) is 1. The van der Waals surface area contributed by atoms with Crippen molar-refractivity contribution < 1.29 is 4.74 Å². The summed E-state index contributed by atoms with van der Waals surface area (Å²) in [6.07, 6.45) is 1.47. The van der Waals surface area contributed by atoms with Crippen molar-refractivity contribution >= 4 is 17.4 Å². The van der Waals surface area contributed by atoms with E-state index in [0.29, 0.717) is 16.9 Å². The Morgan fingerprint density at radius 2 is 2.38 bits per heavy atom. The van der Waals surface area contributed by atoms with Crippen LogP contribution in [0.15, 0.2) is 6.33 Å². The van der Waals surface area contributed by atoms with Gasteiger partial charge in [-0.3, -0.25) is 0 Å². The minimum absolute atomic E-state index is 0.360. The van der Waals surface area contributed by atoms with E-state index in [2.05, 4.69) is 27.1 Å². The van der Waals surface area contributed by atoms with Gasteiger partial charge in [0.1, 0.15) is 6.33 Å². The second-order valence-corrected chi connectivity index (χ2v) is 4.18. The molecule has 1 aromatic heterocycles. The second-order valence-electron chi connectivity index (χ2n) is 3.82. The maximum absolute atomic E-state index is 5.97. The summed E-state index contributed by atoms with van der Waals surface area (Å²) >= 11 is 5.97. The van der Waals surface area contributed by atoms with Crippen LogP contribution in [0.2, 0.25) is 5.15 Å². The molecule has 1 aliphatic rings. The van der Waals surface area contributed by atoms with E-state index in [1.165, 1.54) is 6.33 Å². The van der Waals surface area contributed by atoms with Crippen molar-refractivity contribution in [2.75, 3.05) is 31.6 Å². The molecular formula is C10H15ClN4O. The third-order valence-electron chi connectivity index (χ3n) is 2.61. The monoisotopic (exact) mass is 242 g/mol. The predicted octanol–water partition coefficient (Wildman–Crippen LogP) is 0.937. The highest BCUT2D eigenvalue weighted by atomic mass is 35.5. The molecule has 2 rings (SSSR count). The average molecular weight is 243 g/mol. The number of nitrogens with zero attached hydrogens (tertiary/aromatic N) is 3. The first kappa shape index (κ1) is 11.4. The topological polar surface area (TPSA) is 50.3 Å². The Kier molecular flexibility index (Phi) is 3.46. The summed E-state index contributed by atoms with van der Waals surface area (Å²) in [4.78, 5) is 10.3. The van der Waals surface area contributed by atoms with Crippen molar-refractivity contribution in [1.29, 1.82) is 0 Å². The molecule has 1 unspecified atom stereocenters. The molecule has 0 spiro atoms. The van der Waals surface area contributed by atoms with Crippen LogP contribution in [-0.2, 0) is 0 Å². The molecule has 0 saturated carbocycles. The van der Waals surface area contributed by atoms with Gasteiger partial charge in [-0.25, -0.2) is 9.97 Å². The highest BCUT2D eigenvalue weighted by Gasteiger charge is 2.21. The quantitative estimate of drug-likeness (QED) is 0.783. The van der Waals surface area contributed by atoms with Crippen molar-refractivity contribution in [3.05, 3.63) is 11.5 Å². The molecule has 1 atom stereocenters. The van der Waals surface area contributed by atoms with Crippen LogP contribution in [-0.4, -0.2) is 42.8 Å². The SMILES string of the molecule is COc1c(Cl)ncnc1N1CCNC(C)C1. The Morgan fingerprint density at radius 3 is 3.06 bits per heavy atom. The van der Waals surface area contributed by atoms with Crippen molar-refractivity contribution in [1.82, 2.24) is 15.3 Å². The summed E-state index contributed by atoms with van der Waals surface area (Å²) < 4.78 is 5.25. The van der Waals surface area contributed by atoms with Gasteiger partial charge in [-0.1, -0.05) is 11.6 Å². The van der Waals surface area contributed by atoms with Crippen molar-refractivity contribution in [2.45, 2.75) is 13.0 Å². The van der Waals surface area contributed by atoms with Crippen LogP contribution in [0, 0.1) is 0 Å². The molecule has 2 heterocycles. The van der Waals surface area contributed by atoms with E-state index in [-0.39, 0.29) is 0 Å². The van der Waals surface area contributed by atoms with Gasteiger partial charge in [0.2, 0.25) is 0 Å². The molecule has 0 aromatic carbocycles. The van der Waals surface area contributed by atoms with Gasteiger partial charge in [-0.15, -0.1) is 0 Å². The molecule has 1 aliphatic heterocycles. The first-order valence-electron chi connectivity index (χ1n) is 5.25. The van der Waals surface area contributed by atoms with Crippen LogP contribution in [0.4, 0.5) is 5.82 Å². The fourth-order valence-corrected chi connectivity index (χ4v) is 2.07. The van der Waals surface area contributed by atoms with Gasteiger partial charge >= 0.3 is 0 Å². The first-order chi connectivity index (χ1) is 7.72. The standard InChI is InChI=1S/C10H15ClN4O/c1-7-5-15(4-3-12-7)10-8(16-2)9(11)13-6-14-10/h6-7,12H,3-5H2,1-2H3. The summed E-state index contributed by atoms with van der Waals surface area (Å²) in [5, 5.41) is 3.73. The van der Waals surface area contributed by atoms with E-state index < -0.39 is 0 Å². The molecule has 1 saturated heterocycles. The molecule has 1 fully saturated rings. The number of aromatic nitrogens is 2. The fraction of sp³-hybridized carbons (Fsp3) is 0.600. The van der Waals surface area contributed by atoms with Crippen LogP contribution in [0.1, 0.15) is 6.92 Å². The zero-order valence-electron chi connectivity index (χ0n) is 9.40. The lowest BCUT2D eigenvalue weighted by Gasteiger charge is -2.33. The molecule has 88 valence electrons. The largest absolute Gasteiger partial charge is 0.490 e. The fourth-order valence-electron chi connectivity index (χ4n) is 1.87. The lowest BCUT2D eigenvalue weighted by atomic mass is 10.2. The molecule has 0 aliphatic carbocycles. The Balaban J connectivity index is 2.28. The number of rotatable bonds is 2. The summed E-state index contributed by atoms with van der Waals surface area (Å²) in [5.74, 6) is 1.33. The number of nitrogens with one attached hydrogen (secondary N) is 1. The highest BCUT2D eigenvalue weighted by molar-refractivity contribution is 6.31. The van der Waals surface area contributed by atoms with Gasteiger partial charge < -0.3 is 15.0 Å². The Bertz CT molecular complexity index is 374. The number of halogens is 1. The smallest absolute Gasteiger partial charge is 0.199 e. The number of hydrogen-bond donors (Lipinski definition) is 1. The normalized spacial score (nSPS) is 20.9. The Morgan fingerprint density at radius 1 is 1.56 bits per heavy atom. The summed E-state index contributed by atoms with van der Waals surface area (Å²) in [6, 6.07) is 0.437. The van der Waals surface area contributed by atoms with E-state index in [0.717, 1.165) is 25.5 Å². The molecule has 0 radical (unpaired) electrons. The number of anilines is 1. The molecular weight excluding hydrogens is 228 g/mol. The van der Waals surface area contributed by atoms with Gasteiger partial charge in [0.05, 0.1) is 7.11 Å². The van der Waals surface area contributed by atoms with Crippen LogP contribution >= 0.6 is 11.6 Å². The average Bonchev–Trinajstić information content (AvgIpc) is 2.28. The first-order valence-corrected chi connectivity index (χ1v) is 5.63. The van der Waals surface area contributed by atoms with Crippen molar-refractivity contribution in [2.24, 2.45) is 0 Å². The molecule has 1 N–H and O–H groups in total. The van der Waals surface area contributed by atoms with Gasteiger partial charge in [0.25, 0.3) is 0 Å². The molecule has 16 heavy (non-hydrogen) atoms. The van der Waals surface area contributed by atoms with Gasteiger partial charge in [-0.05, 0) is 6.92 Å². The third-order valence-corrected chi connectivity index (χ3v) is 2.88. The molecule has 0 bridgehead atoms. The van der Waals surface area contributed by atoms with Gasteiger partial charge in [-0.2, -0.15) is 0 Å². The van der Waals surface area contributed by atoms with Crippen LogP contribution < -0.4 is 15.0 Å². The maximum atomic E-state index is 5.97. The zero-order chi connectivity index (χ0) is 11.5. The molecule has 1 aromatic rings. The van der Waals surface area contributed by atoms with E-state index in [4.69, 9.17) is 16.3 Å². The van der Waals surface area contributed by atoms with Crippen molar-refractivity contribution in [3.63, 3.8) is 0 Å². The summed E-state index contributed by atoms with van der Waals surface area (Å²) in [6.45, 7) is 4.87. The molecule has 0 amide bonds. The lowest BCUT2D eigenvalue weighted by Crippen LogP contribution is -2.49. The molecule has 5 nitrogen and oxygen atoms in total. The summed E-state index contributed by atoms with van der Waals surface area (Å²) in [5.41, 5.74) is 0. The van der Waals surface area contributed by atoms with Gasteiger partial charge in [0.15, 0.2) is 16.7 Å². The Hall–Kier alpha value is -1.07. The van der Waals surface area contributed by atoms with E-state index in [1.54, 1.807) is 7.11 Å². The predicted molar refractivity (Wildman–Crippen MR) is 63.3 cm³/mol. The number of methoxy groups -OCH3 is 1. The van der Waals surface area contributed by atoms with E-state index in [9.17, 15) is 0 Å². The van der Waals surface area contributed by atoms with Crippen molar-refractivity contribution in [3.8, 4) is 5.75 Å². The van der Waals surface area contributed by atoms with E-state index in [1.807, 2.05) is 0 Å². The summed E-state index contributed by atoms with van der Waals surface area (Å²) in [7, 11) is 1.58. The Labute approximate surface area is 99.8 Å². The maximum Gasteiger partial charge on any atom is 0.199 e. The van der Waals surface area contributed by atoms with Crippen LogP contribution in [0.5, 0.6) is 5.75 Å². The van der Waals surface area contributed by atoms with E-state index >= 15 is 0 Å². The van der Waals surface area contributed by atoms with Crippen LogP contribution in [0.3, 0.4) is 0 Å². The van der Waals surface area contributed by atoms with Gasteiger partial charge in [0, 0.05) is 25.7 Å². The molecule has 6 heteroatoms. The zero-order valence-corrected chi connectivity index (χ0v) is 10.2. The minimum Gasteiger partial charge on any atom is -0.490 e. The van der Waals surface area contributed by atoms with Crippen LogP contribution in [0.25, 0.3) is 0 Å². The number of piperazine rings is 1. The second kappa shape index (κ2) is 4.84. The lowest BCUT2D eigenvalue weighted by molar-refractivity contribution is 0.405. The minimum atomic E-state index is 0.360.